The number of para-hydroxylation sites is 2. The maximum absolute atomic E-state index is 9.17. The first-order valence-electron chi connectivity index (χ1n) is 5.95. The first-order chi connectivity index (χ1) is 8.10. The number of benzene rings is 1. The van der Waals surface area contributed by atoms with E-state index in [1.165, 1.54) is 0 Å². The summed E-state index contributed by atoms with van der Waals surface area (Å²) in [7, 11) is 0. The predicted molar refractivity (Wildman–Crippen MR) is 68.6 cm³/mol. The third kappa shape index (κ3) is 2.06. The molecule has 1 aromatic carbocycles. The Morgan fingerprint density at radius 1 is 1.41 bits per heavy atom. The summed E-state index contributed by atoms with van der Waals surface area (Å²) in [5.74, 6) is 0.843. The van der Waals surface area contributed by atoms with Crippen LogP contribution in [0.25, 0.3) is 11.0 Å². The Kier molecular flexibility index (Phi) is 3.17. The minimum atomic E-state index is -0.464. The van der Waals surface area contributed by atoms with Crippen LogP contribution in [0.4, 0.5) is 0 Å². The Hall–Kier alpha value is -1.39. The van der Waals surface area contributed by atoms with Crippen LogP contribution in [0.1, 0.15) is 26.1 Å². The molecular formula is C13H19N3O. The SMILES string of the molecule is CCC(C)(N)c1nc2ccccc2n1CCO. The second-order valence-electron chi connectivity index (χ2n) is 4.57. The van der Waals surface area contributed by atoms with Gasteiger partial charge in [-0.25, -0.2) is 4.98 Å². The maximum Gasteiger partial charge on any atom is 0.129 e. The van der Waals surface area contributed by atoms with E-state index in [2.05, 4.69) is 4.98 Å². The van der Waals surface area contributed by atoms with Crippen molar-refractivity contribution in [1.82, 2.24) is 9.55 Å². The van der Waals surface area contributed by atoms with Gasteiger partial charge in [0, 0.05) is 6.54 Å². The van der Waals surface area contributed by atoms with Crippen LogP contribution in [-0.2, 0) is 12.1 Å². The summed E-state index contributed by atoms with van der Waals surface area (Å²) < 4.78 is 2.01. The number of nitrogens with two attached hydrogens (primary N) is 1. The standard InChI is InChI=1S/C13H19N3O/c1-3-13(2,14)12-15-10-6-4-5-7-11(10)16(12)8-9-17/h4-7,17H,3,8-9,14H2,1-2H3. The number of hydrogen-bond donors (Lipinski definition) is 2. The Bertz CT molecular complexity index is 516. The number of fused-ring (bicyclic) bond motifs is 1. The third-order valence-corrected chi connectivity index (χ3v) is 3.22. The summed E-state index contributed by atoms with van der Waals surface area (Å²) in [6.07, 6.45) is 0.807. The molecule has 0 saturated carbocycles. The topological polar surface area (TPSA) is 64.1 Å². The Morgan fingerprint density at radius 3 is 2.76 bits per heavy atom. The molecule has 0 amide bonds. The van der Waals surface area contributed by atoms with E-state index < -0.39 is 5.54 Å². The zero-order valence-electron chi connectivity index (χ0n) is 10.3. The molecule has 1 atom stereocenters. The van der Waals surface area contributed by atoms with Gasteiger partial charge in [0.25, 0.3) is 0 Å². The monoisotopic (exact) mass is 233 g/mol. The first-order valence-corrected chi connectivity index (χ1v) is 5.95. The van der Waals surface area contributed by atoms with Crippen LogP contribution < -0.4 is 5.73 Å². The second kappa shape index (κ2) is 4.47. The minimum absolute atomic E-state index is 0.0904. The number of nitrogens with zero attached hydrogens (tertiary/aromatic N) is 2. The molecule has 0 fully saturated rings. The van der Waals surface area contributed by atoms with E-state index in [1.54, 1.807) is 0 Å². The molecule has 0 aliphatic heterocycles. The van der Waals surface area contributed by atoms with Gasteiger partial charge < -0.3 is 15.4 Å². The van der Waals surface area contributed by atoms with E-state index in [-0.39, 0.29) is 6.61 Å². The largest absolute Gasteiger partial charge is 0.395 e. The van der Waals surface area contributed by atoms with E-state index in [9.17, 15) is 5.11 Å². The molecule has 1 heterocycles. The molecule has 0 spiro atoms. The fourth-order valence-corrected chi connectivity index (χ4v) is 2.00. The minimum Gasteiger partial charge on any atom is -0.395 e. The molecule has 0 aliphatic carbocycles. The summed E-state index contributed by atoms with van der Waals surface area (Å²) >= 11 is 0. The van der Waals surface area contributed by atoms with Gasteiger partial charge in [0.1, 0.15) is 5.82 Å². The number of hydrogen-bond acceptors (Lipinski definition) is 3. The van der Waals surface area contributed by atoms with E-state index in [0.717, 1.165) is 23.3 Å². The average molecular weight is 233 g/mol. The van der Waals surface area contributed by atoms with Gasteiger partial charge in [-0.15, -0.1) is 0 Å². The van der Waals surface area contributed by atoms with Gasteiger partial charge in [0.05, 0.1) is 23.2 Å². The van der Waals surface area contributed by atoms with Gasteiger partial charge >= 0.3 is 0 Å². The first kappa shape index (κ1) is 12.1. The molecule has 1 aromatic heterocycles. The second-order valence-corrected chi connectivity index (χ2v) is 4.57. The van der Waals surface area contributed by atoms with Gasteiger partial charge in [0.15, 0.2) is 0 Å². The van der Waals surface area contributed by atoms with Crippen LogP contribution in [0.15, 0.2) is 24.3 Å². The van der Waals surface area contributed by atoms with Crippen LogP contribution in [0.3, 0.4) is 0 Å². The smallest absolute Gasteiger partial charge is 0.129 e. The quantitative estimate of drug-likeness (QED) is 0.843. The fourth-order valence-electron chi connectivity index (χ4n) is 2.00. The van der Waals surface area contributed by atoms with E-state index in [4.69, 9.17) is 5.73 Å². The Balaban J connectivity index is 2.65. The van der Waals surface area contributed by atoms with Gasteiger partial charge in [-0.1, -0.05) is 19.1 Å². The summed E-state index contributed by atoms with van der Waals surface area (Å²) in [6.45, 7) is 4.64. The molecule has 0 bridgehead atoms. The number of aromatic nitrogens is 2. The third-order valence-electron chi connectivity index (χ3n) is 3.22. The lowest BCUT2D eigenvalue weighted by Crippen LogP contribution is -2.35. The predicted octanol–water partition coefficient (Wildman–Crippen LogP) is 1.61. The lowest BCUT2D eigenvalue weighted by atomic mass is 9.99. The van der Waals surface area contributed by atoms with Gasteiger partial charge in [-0.2, -0.15) is 0 Å². The average Bonchev–Trinajstić information content (AvgIpc) is 2.70. The molecule has 2 aromatic rings. The van der Waals surface area contributed by atoms with E-state index in [0.29, 0.717) is 6.54 Å². The molecule has 0 aliphatic rings. The Labute approximate surface area is 101 Å². The van der Waals surface area contributed by atoms with Crippen molar-refractivity contribution in [2.24, 2.45) is 5.73 Å². The highest BCUT2D eigenvalue weighted by Gasteiger charge is 2.26. The summed E-state index contributed by atoms with van der Waals surface area (Å²) in [5, 5.41) is 9.17. The van der Waals surface area contributed by atoms with Crippen LogP contribution >= 0.6 is 0 Å². The zero-order valence-corrected chi connectivity index (χ0v) is 10.3. The van der Waals surface area contributed by atoms with Crippen molar-refractivity contribution in [3.63, 3.8) is 0 Å². The van der Waals surface area contributed by atoms with Crippen molar-refractivity contribution in [2.75, 3.05) is 6.61 Å². The molecule has 0 saturated heterocycles. The van der Waals surface area contributed by atoms with Crippen LogP contribution in [0, 0.1) is 0 Å². The summed E-state index contributed by atoms with van der Waals surface area (Å²) in [4.78, 5) is 4.60. The molecule has 1 unspecified atom stereocenters. The molecular weight excluding hydrogens is 214 g/mol. The number of aliphatic hydroxyl groups excluding tert-OH is 1. The number of rotatable bonds is 4. The Morgan fingerprint density at radius 2 is 2.12 bits per heavy atom. The highest BCUT2D eigenvalue weighted by Crippen LogP contribution is 2.25. The lowest BCUT2D eigenvalue weighted by Gasteiger charge is -2.23. The van der Waals surface area contributed by atoms with Crippen molar-refractivity contribution in [3.8, 4) is 0 Å². The number of aliphatic hydroxyl groups is 1. The van der Waals surface area contributed by atoms with Crippen molar-refractivity contribution in [2.45, 2.75) is 32.4 Å². The summed E-state index contributed by atoms with van der Waals surface area (Å²) in [6, 6.07) is 7.91. The molecule has 4 heteroatoms. The van der Waals surface area contributed by atoms with Crippen LogP contribution in [0.5, 0.6) is 0 Å². The van der Waals surface area contributed by atoms with Crippen molar-refractivity contribution < 1.29 is 5.11 Å². The van der Waals surface area contributed by atoms with E-state index >= 15 is 0 Å². The molecule has 4 nitrogen and oxygen atoms in total. The van der Waals surface area contributed by atoms with Gasteiger partial charge in [-0.05, 0) is 25.5 Å². The van der Waals surface area contributed by atoms with Gasteiger partial charge in [-0.3, -0.25) is 0 Å². The zero-order chi connectivity index (χ0) is 12.5. The summed E-state index contributed by atoms with van der Waals surface area (Å²) in [5.41, 5.74) is 7.76. The van der Waals surface area contributed by atoms with Crippen LogP contribution in [-0.4, -0.2) is 21.3 Å². The molecule has 17 heavy (non-hydrogen) atoms. The highest BCUT2D eigenvalue weighted by molar-refractivity contribution is 5.76. The molecule has 3 N–H and O–H groups in total. The van der Waals surface area contributed by atoms with Crippen molar-refractivity contribution in [3.05, 3.63) is 30.1 Å². The van der Waals surface area contributed by atoms with Crippen molar-refractivity contribution in [1.29, 1.82) is 0 Å². The molecule has 2 rings (SSSR count). The van der Waals surface area contributed by atoms with Crippen molar-refractivity contribution >= 4 is 11.0 Å². The van der Waals surface area contributed by atoms with Crippen LogP contribution in [0.2, 0.25) is 0 Å². The molecule has 0 radical (unpaired) electrons. The van der Waals surface area contributed by atoms with E-state index in [1.807, 2.05) is 42.7 Å². The molecule has 92 valence electrons. The normalized spacial score (nSPS) is 15.1. The van der Waals surface area contributed by atoms with Gasteiger partial charge in [0.2, 0.25) is 0 Å². The maximum atomic E-state index is 9.17. The highest BCUT2D eigenvalue weighted by atomic mass is 16.3. The fraction of sp³-hybridized carbons (Fsp3) is 0.462. The number of imidazole rings is 1. The lowest BCUT2D eigenvalue weighted by molar-refractivity contribution is 0.271.